The van der Waals surface area contributed by atoms with Gasteiger partial charge < -0.3 is 10.2 Å². The summed E-state index contributed by atoms with van der Waals surface area (Å²) in [5, 5.41) is 3.28. The van der Waals surface area contributed by atoms with E-state index in [4.69, 9.17) is 0 Å². The third-order valence-corrected chi connectivity index (χ3v) is 3.52. The van der Waals surface area contributed by atoms with Gasteiger partial charge in [0.25, 0.3) is 0 Å². The van der Waals surface area contributed by atoms with E-state index < -0.39 is 0 Å². The van der Waals surface area contributed by atoms with Gasteiger partial charge >= 0.3 is 0 Å². The number of rotatable bonds is 5. The van der Waals surface area contributed by atoms with Gasteiger partial charge in [0.1, 0.15) is 5.82 Å². The van der Waals surface area contributed by atoms with Crippen molar-refractivity contribution in [1.29, 1.82) is 0 Å². The van der Waals surface area contributed by atoms with Gasteiger partial charge in [0, 0.05) is 25.3 Å². The molecule has 1 aromatic carbocycles. The van der Waals surface area contributed by atoms with Crippen molar-refractivity contribution in [2.24, 2.45) is 5.41 Å². The molecule has 0 bridgehead atoms. The van der Waals surface area contributed by atoms with Crippen molar-refractivity contribution in [2.75, 3.05) is 25.5 Å². The van der Waals surface area contributed by atoms with E-state index in [0.717, 1.165) is 12.2 Å². The zero-order valence-corrected chi connectivity index (χ0v) is 11.4. The Bertz CT molecular complexity index is 346. The summed E-state index contributed by atoms with van der Waals surface area (Å²) in [5.74, 6) is -0.190. The number of halogens is 1. The lowest BCUT2D eigenvalue weighted by molar-refractivity contribution is 0.275. The minimum absolute atomic E-state index is 0.151. The Balaban J connectivity index is 2.71. The van der Waals surface area contributed by atoms with Gasteiger partial charge in [-0.3, -0.25) is 0 Å². The van der Waals surface area contributed by atoms with E-state index in [-0.39, 0.29) is 11.2 Å². The van der Waals surface area contributed by atoms with Crippen molar-refractivity contribution >= 4 is 5.69 Å². The molecular weight excluding hydrogens is 215 g/mol. The highest BCUT2D eigenvalue weighted by Crippen LogP contribution is 2.24. The Hall–Kier alpha value is -1.09. The maximum absolute atomic E-state index is 12.8. The van der Waals surface area contributed by atoms with Crippen LogP contribution in [0.25, 0.3) is 0 Å². The molecule has 2 nitrogen and oxygen atoms in total. The Morgan fingerprint density at radius 2 is 1.82 bits per heavy atom. The molecule has 0 fully saturated rings. The minimum Gasteiger partial charge on any atom is -0.374 e. The van der Waals surface area contributed by atoms with Crippen LogP contribution in [0.15, 0.2) is 24.3 Å². The van der Waals surface area contributed by atoms with Crippen LogP contribution in [0, 0.1) is 11.2 Å². The van der Waals surface area contributed by atoms with E-state index in [2.05, 4.69) is 31.0 Å². The first kappa shape index (κ1) is 14.0. The molecular formula is C14H23FN2. The smallest absolute Gasteiger partial charge is 0.123 e. The quantitative estimate of drug-likeness (QED) is 0.848. The molecule has 0 amide bonds. The van der Waals surface area contributed by atoms with E-state index in [9.17, 15) is 4.39 Å². The van der Waals surface area contributed by atoms with Gasteiger partial charge in [-0.05, 0) is 43.7 Å². The van der Waals surface area contributed by atoms with E-state index in [1.807, 2.05) is 26.2 Å². The van der Waals surface area contributed by atoms with Gasteiger partial charge in [-0.1, -0.05) is 13.8 Å². The van der Waals surface area contributed by atoms with Crippen molar-refractivity contribution < 1.29 is 4.39 Å². The zero-order chi connectivity index (χ0) is 13.1. The molecule has 1 N–H and O–H groups in total. The molecule has 96 valence electrons. The van der Waals surface area contributed by atoms with Crippen molar-refractivity contribution in [1.82, 2.24) is 5.32 Å². The molecule has 0 aliphatic carbocycles. The summed E-state index contributed by atoms with van der Waals surface area (Å²) in [7, 11) is 4.02. The Morgan fingerprint density at radius 1 is 1.29 bits per heavy atom. The maximum Gasteiger partial charge on any atom is 0.123 e. The molecule has 1 aromatic rings. The summed E-state index contributed by atoms with van der Waals surface area (Å²) in [6.07, 6.45) is 0. The van der Waals surface area contributed by atoms with Crippen LogP contribution in [0.1, 0.15) is 20.8 Å². The Kier molecular flexibility index (Phi) is 4.52. The monoisotopic (exact) mass is 238 g/mol. The Morgan fingerprint density at radius 3 is 2.29 bits per heavy atom. The predicted molar refractivity (Wildman–Crippen MR) is 72.0 cm³/mol. The standard InChI is InChI=1S/C14H23FN2/c1-11(16-4)14(2,3)10-17(5)13-8-6-12(15)7-9-13/h6-9,11,16H,10H2,1-5H3. The fraction of sp³-hybridized carbons (Fsp3) is 0.571. The lowest BCUT2D eigenvalue weighted by Crippen LogP contribution is -2.44. The van der Waals surface area contributed by atoms with Gasteiger partial charge in [-0.15, -0.1) is 0 Å². The van der Waals surface area contributed by atoms with Crippen LogP contribution in [0.3, 0.4) is 0 Å². The molecule has 0 aromatic heterocycles. The van der Waals surface area contributed by atoms with E-state index in [1.165, 1.54) is 12.1 Å². The number of benzene rings is 1. The summed E-state index contributed by atoms with van der Waals surface area (Å²) in [4.78, 5) is 2.16. The second kappa shape index (κ2) is 5.50. The largest absolute Gasteiger partial charge is 0.374 e. The number of nitrogens with zero attached hydrogens (tertiary/aromatic N) is 1. The van der Waals surface area contributed by atoms with Crippen LogP contribution in [0.4, 0.5) is 10.1 Å². The molecule has 0 radical (unpaired) electrons. The molecule has 1 rings (SSSR count). The number of nitrogens with one attached hydrogen (secondary N) is 1. The second-order valence-electron chi connectivity index (χ2n) is 5.33. The first-order valence-electron chi connectivity index (χ1n) is 6.01. The molecule has 0 aliphatic heterocycles. The number of hydrogen-bond donors (Lipinski definition) is 1. The number of anilines is 1. The highest BCUT2D eigenvalue weighted by Gasteiger charge is 2.26. The summed E-state index contributed by atoms with van der Waals surface area (Å²) in [6.45, 7) is 7.56. The van der Waals surface area contributed by atoms with Crippen LogP contribution in [-0.4, -0.2) is 26.7 Å². The zero-order valence-electron chi connectivity index (χ0n) is 11.4. The third-order valence-electron chi connectivity index (χ3n) is 3.52. The fourth-order valence-corrected chi connectivity index (χ4v) is 1.93. The molecule has 0 saturated carbocycles. The highest BCUT2D eigenvalue weighted by molar-refractivity contribution is 5.45. The van der Waals surface area contributed by atoms with Crippen molar-refractivity contribution in [3.8, 4) is 0 Å². The maximum atomic E-state index is 12.8. The van der Waals surface area contributed by atoms with Crippen LogP contribution >= 0.6 is 0 Å². The molecule has 0 spiro atoms. The van der Waals surface area contributed by atoms with Crippen molar-refractivity contribution in [2.45, 2.75) is 26.8 Å². The molecule has 1 unspecified atom stereocenters. The first-order valence-corrected chi connectivity index (χ1v) is 6.01. The fourth-order valence-electron chi connectivity index (χ4n) is 1.93. The molecule has 0 heterocycles. The van der Waals surface area contributed by atoms with E-state index in [1.54, 1.807) is 0 Å². The molecule has 1 atom stereocenters. The summed E-state index contributed by atoms with van der Waals surface area (Å²) >= 11 is 0. The van der Waals surface area contributed by atoms with E-state index >= 15 is 0 Å². The summed E-state index contributed by atoms with van der Waals surface area (Å²) in [5.41, 5.74) is 1.19. The highest BCUT2D eigenvalue weighted by atomic mass is 19.1. The average Bonchev–Trinajstić information content (AvgIpc) is 2.28. The molecule has 0 saturated heterocycles. The average molecular weight is 238 g/mol. The summed E-state index contributed by atoms with van der Waals surface area (Å²) in [6, 6.07) is 7.05. The van der Waals surface area contributed by atoms with Crippen molar-refractivity contribution in [3.63, 3.8) is 0 Å². The van der Waals surface area contributed by atoms with Crippen LogP contribution in [0.5, 0.6) is 0 Å². The van der Waals surface area contributed by atoms with Gasteiger partial charge in [0.15, 0.2) is 0 Å². The number of hydrogen-bond acceptors (Lipinski definition) is 2. The first-order chi connectivity index (χ1) is 7.86. The SMILES string of the molecule is CNC(C)C(C)(C)CN(C)c1ccc(F)cc1. The molecule has 0 aliphatic rings. The predicted octanol–water partition coefficient (Wildman–Crippen LogP) is 2.90. The molecule has 17 heavy (non-hydrogen) atoms. The summed E-state index contributed by atoms with van der Waals surface area (Å²) < 4.78 is 12.8. The van der Waals surface area contributed by atoms with Crippen LogP contribution < -0.4 is 10.2 Å². The minimum atomic E-state index is -0.190. The lowest BCUT2D eigenvalue weighted by Gasteiger charge is -2.36. The van der Waals surface area contributed by atoms with Crippen LogP contribution in [-0.2, 0) is 0 Å². The third kappa shape index (κ3) is 3.70. The lowest BCUT2D eigenvalue weighted by atomic mass is 9.85. The van der Waals surface area contributed by atoms with E-state index in [0.29, 0.717) is 6.04 Å². The topological polar surface area (TPSA) is 15.3 Å². The normalized spacial score (nSPS) is 13.5. The second-order valence-corrected chi connectivity index (χ2v) is 5.33. The Labute approximate surface area is 104 Å². The van der Waals surface area contributed by atoms with Gasteiger partial charge in [0.05, 0.1) is 0 Å². The van der Waals surface area contributed by atoms with Gasteiger partial charge in [-0.2, -0.15) is 0 Å². The van der Waals surface area contributed by atoms with Gasteiger partial charge in [-0.25, -0.2) is 4.39 Å². The van der Waals surface area contributed by atoms with Crippen LogP contribution in [0.2, 0.25) is 0 Å². The van der Waals surface area contributed by atoms with Gasteiger partial charge in [0.2, 0.25) is 0 Å². The van der Waals surface area contributed by atoms with Crippen molar-refractivity contribution in [3.05, 3.63) is 30.1 Å². The molecule has 3 heteroatoms.